The van der Waals surface area contributed by atoms with Gasteiger partial charge in [0.15, 0.2) is 0 Å². The molecule has 5 nitrogen and oxygen atoms in total. The largest absolute Gasteiger partial charge is 0.416 e. The van der Waals surface area contributed by atoms with E-state index in [1.54, 1.807) is 29.4 Å². The lowest BCUT2D eigenvalue weighted by atomic mass is 9.87. The highest BCUT2D eigenvalue weighted by Gasteiger charge is 2.44. The fourth-order valence-electron chi connectivity index (χ4n) is 3.94. The van der Waals surface area contributed by atoms with E-state index in [9.17, 15) is 22.8 Å². The van der Waals surface area contributed by atoms with Gasteiger partial charge in [0.05, 0.1) is 11.5 Å². The normalized spacial score (nSPS) is 21.5. The molecule has 2 amide bonds. The minimum absolute atomic E-state index is 0.00506. The first-order chi connectivity index (χ1) is 14.3. The van der Waals surface area contributed by atoms with Crippen LogP contribution in [0.2, 0.25) is 0 Å². The maximum absolute atomic E-state index is 13.2. The van der Waals surface area contributed by atoms with Crippen molar-refractivity contribution in [3.05, 3.63) is 65.5 Å². The Kier molecular flexibility index (Phi) is 5.49. The van der Waals surface area contributed by atoms with E-state index in [0.29, 0.717) is 5.56 Å². The molecule has 2 aromatic rings. The maximum atomic E-state index is 13.2. The number of halogens is 3. The molecule has 0 radical (unpaired) electrons. The maximum Gasteiger partial charge on any atom is 0.416 e. The predicted molar refractivity (Wildman–Crippen MR) is 103 cm³/mol. The average Bonchev–Trinajstić information content (AvgIpc) is 3.49. The van der Waals surface area contributed by atoms with Crippen molar-refractivity contribution in [1.29, 1.82) is 0 Å². The predicted octanol–water partition coefficient (Wildman–Crippen LogP) is 3.37. The van der Waals surface area contributed by atoms with Crippen molar-refractivity contribution >= 4 is 11.8 Å². The van der Waals surface area contributed by atoms with Crippen LogP contribution in [-0.2, 0) is 22.3 Å². The van der Waals surface area contributed by atoms with Crippen LogP contribution in [-0.4, -0.2) is 34.8 Å². The van der Waals surface area contributed by atoms with Crippen LogP contribution in [0, 0.1) is 11.8 Å². The summed E-state index contributed by atoms with van der Waals surface area (Å²) in [7, 11) is 0. The summed E-state index contributed by atoms with van der Waals surface area (Å²) in [5, 5.41) is 2.85. The first-order valence-electron chi connectivity index (χ1n) is 9.95. The van der Waals surface area contributed by atoms with Gasteiger partial charge in [-0.05, 0) is 36.1 Å². The molecule has 1 N–H and O–H groups in total. The van der Waals surface area contributed by atoms with Crippen LogP contribution in [0.15, 0.2) is 48.8 Å². The number of amides is 2. The second-order valence-corrected chi connectivity index (χ2v) is 7.93. The van der Waals surface area contributed by atoms with Crippen LogP contribution in [0.5, 0.6) is 0 Å². The molecule has 2 heterocycles. The van der Waals surface area contributed by atoms with E-state index >= 15 is 0 Å². The molecule has 2 aliphatic rings. The Balaban J connectivity index is 1.55. The van der Waals surface area contributed by atoms with Crippen molar-refractivity contribution in [3.63, 3.8) is 0 Å². The number of carbonyl (C=O) groups excluding carboxylic acids is 2. The van der Waals surface area contributed by atoms with Gasteiger partial charge in [-0.1, -0.05) is 24.3 Å². The highest BCUT2D eigenvalue weighted by molar-refractivity contribution is 5.85. The molecule has 1 aromatic heterocycles. The summed E-state index contributed by atoms with van der Waals surface area (Å²) in [4.78, 5) is 31.2. The van der Waals surface area contributed by atoms with Crippen molar-refractivity contribution in [2.24, 2.45) is 11.8 Å². The van der Waals surface area contributed by atoms with Gasteiger partial charge in [-0.25, -0.2) is 0 Å². The van der Waals surface area contributed by atoms with Crippen molar-refractivity contribution in [3.8, 4) is 0 Å². The molecule has 2 fully saturated rings. The molecule has 158 valence electrons. The standard InChI is InChI=1S/C22H22F3N3O2/c23-22(24,25)17-5-1-4-16(9-17)18-12-28(21(30)15-6-7-15)13-19(18)20(29)27-11-14-3-2-8-26-10-14/h1-5,8-10,15,18-19H,6-7,11-13H2,(H,27,29). The van der Waals surface area contributed by atoms with Gasteiger partial charge in [0.25, 0.3) is 0 Å². The number of hydrogen-bond donors (Lipinski definition) is 1. The third kappa shape index (κ3) is 4.47. The Bertz CT molecular complexity index is 929. The summed E-state index contributed by atoms with van der Waals surface area (Å²) in [5.74, 6) is -1.37. The topological polar surface area (TPSA) is 62.3 Å². The van der Waals surface area contributed by atoms with Gasteiger partial charge >= 0.3 is 6.18 Å². The quantitative estimate of drug-likeness (QED) is 0.812. The molecule has 0 bridgehead atoms. The third-order valence-electron chi connectivity index (χ3n) is 5.73. The Morgan fingerprint density at radius 1 is 1.13 bits per heavy atom. The minimum atomic E-state index is -4.46. The monoisotopic (exact) mass is 417 g/mol. The highest BCUT2D eigenvalue weighted by atomic mass is 19.4. The van der Waals surface area contributed by atoms with E-state index in [4.69, 9.17) is 0 Å². The molecule has 8 heteroatoms. The molecule has 2 atom stereocenters. The molecule has 1 aliphatic heterocycles. The summed E-state index contributed by atoms with van der Waals surface area (Å²) in [6.45, 7) is 0.742. The molecule has 1 saturated heterocycles. The van der Waals surface area contributed by atoms with Crippen molar-refractivity contribution in [2.45, 2.75) is 31.5 Å². The number of hydrogen-bond acceptors (Lipinski definition) is 3. The van der Waals surface area contributed by atoms with Gasteiger partial charge in [-0.3, -0.25) is 14.6 Å². The lowest BCUT2D eigenvalue weighted by Gasteiger charge is -2.19. The van der Waals surface area contributed by atoms with Crippen LogP contribution in [0.1, 0.15) is 35.4 Å². The van der Waals surface area contributed by atoms with Gasteiger partial charge in [0.2, 0.25) is 11.8 Å². The zero-order valence-electron chi connectivity index (χ0n) is 16.2. The van der Waals surface area contributed by atoms with Crippen LogP contribution >= 0.6 is 0 Å². The molecule has 1 aromatic carbocycles. The summed E-state index contributed by atoms with van der Waals surface area (Å²) in [6.07, 6.45) is 0.481. The fraction of sp³-hybridized carbons (Fsp3) is 0.409. The van der Waals surface area contributed by atoms with Crippen LogP contribution < -0.4 is 5.32 Å². The number of benzene rings is 1. The molecule has 0 spiro atoms. The van der Waals surface area contributed by atoms with Crippen molar-refractivity contribution < 1.29 is 22.8 Å². The summed E-state index contributed by atoms with van der Waals surface area (Å²) in [6, 6.07) is 8.66. The van der Waals surface area contributed by atoms with E-state index in [1.807, 2.05) is 6.07 Å². The first kappa shape index (κ1) is 20.4. The average molecular weight is 417 g/mol. The zero-order valence-corrected chi connectivity index (χ0v) is 16.2. The highest BCUT2D eigenvalue weighted by Crippen LogP contribution is 2.39. The third-order valence-corrected chi connectivity index (χ3v) is 5.73. The minimum Gasteiger partial charge on any atom is -0.352 e. The van der Waals surface area contributed by atoms with Crippen LogP contribution in [0.3, 0.4) is 0 Å². The second-order valence-electron chi connectivity index (χ2n) is 7.93. The number of likely N-dealkylation sites (tertiary alicyclic amines) is 1. The summed E-state index contributed by atoms with van der Waals surface area (Å²) >= 11 is 0. The van der Waals surface area contributed by atoms with E-state index in [2.05, 4.69) is 10.3 Å². The lowest BCUT2D eigenvalue weighted by Crippen LogP contribution is -2.35. The van der Waals surface area contributed by atoms with Gasteiger partial charge < -0.3 is 10.2 Å². The number of rotatable bonds is 5. The number of nitrogens with zero attached hydrogens (tertiary/aromatic N) is 2. The zero-order chi connectivity index (χ0) is 21.3. The Hall–Kier alpha value is -2.90. The van der Waals surface area contributed by atoms with Gasteiger partial charge in [-0.15, -0.1) is 0 Å². The summed E-state index contributed by atoms with van der Waals surface area (Å²) < 4.78 is 39.6. The number of alkyl halides is 3. The van der Waals surface area contributed by atoms with Crippen LogP contribution in [0.4, 0.5) is 13.2 Å². The van der Waals surface area contributed by atoms with Gasteiger partial charge in [0.1, 0.15) is 0 Å². The van der Waals surface area contributed by atoms with Crippen LogP contribution in [0.25, 0.3) is 0 Å². The molecule has 30 heavy (non-hydrogen) atoms. The Labute approximate surface area is 172 Å². The van der Waals surface area contributed by atoms with E-state index in [1.165, 1.54) is 6.07 Å². The Morgan fingerprint density at radius 2 is 1.93 bits per heavy atom. The van der Waals surface area contributed by atoms with Crippen molar-refractivity contribution in [1.82, 2.24) is 15.2 Å². The SMILES string of the molecule is O=C(NCc1cccnc1)C1CN(C(=O)C2CC2)CC1c1cccc(C(F)(F)F)c1. The number of nitrogens with one attached hydrogen (secondary N) is 1. The summed E-state index contributed by atoms with van der Waals surface area (Å²) in [5.41, 5.74) is 0.504. The number of pyridine rings is 1. The second kappa shape index (κ2) is 8.08. The van der Waals surface area contributed by atoms with E-state index < -0.39 is 23.6 Å². The number of carbonyl (C=O) groups is 2. The first-order valence-corrected chi connectivity index (χ1v) is 9.95. The fourth-order valence-corrected chi connectivity index (χ4v) is 3.94. The van der Waals surface area contributed by atoms with E-state index in [-0.39, 0.29) is 37.4 Å². The number of aromatic nitrogens is 1. The van der Waals surface area contributed by atoms with E-state index in [0.717, 1.165) is 30.5 Å². The van der Waals surface area contributed by atoms with Crippen molar-refractivity contribution in [2.75, 3.05) is 13.1 Å². The lowest BCUT2D eigenvalue weighted by molar-refractivity contribution is -0.137. The van der Waals surface area contributed by atoms with Gasteiger partial charge in [-0.2, -0.15) is 13.2 Å². The molecule has 1 saturated carbocycles. The molecule has 1 aliphatic carbocycles. The molecular weight excluding hydrogens is 395 g/mol. The smallest absolute Gasteiger partial charge is 0.352 e. The van der Waals surface area contributed by atoms with Gasteiger partial charge in [0, 0.05) is 43.9 Å². The molecule has 4 rings (SSSR count). The molecular formula is C22H22F3N3O2. The molecule has 2 unspecified atom stereocenters. The Morgan fingerprint density at radius 3 is 2.60 bits per heavy atom.